The molecule has 1 spiro atoms. The molecule has 6 nitrogen and oxygen atoms in total. The number of aromatic nitrogens is 1. The van der Waals surface area contributed by atoms with Crippen LogP contribution in [-0.2, 0) is 4.79 Å². The van der Waals surface area contributed by atoms with Gasteiger partial charge in [0, 0.05) is 57.1 Å². The van der Waals surface area contributed by atoms with Crippen LogP contribution in [0.25, 0.3) is 0 Å². The fourth-order valence-corrected chi connectivity index (χ4v) is 4.34. The minimum atomic E-state index is -0.0932. The number of piperazine rings is 1. The number of nitrogens with zero attached hydrogens (tertiary/aromatic N) is 4. The highest BCUT2D eigenvalue weighted by atomic mass is 16.2. The van der Waals surface area contributed by atoms with Crippen LogP contribution in [0, 0.1) is 5.92 Å². The van der Waals surface area contributed by atoms with E-state index in [0.29, 0.717) is 18.5 Å². The van der Waals surface area contributed by atoms with E-state index in [0.717, 1.165) is 44.9 Å². The molecule has 2 saturated heterocycles. The summed E-state index contributed by atoms with van der Waals surface area (Å²) in [6, 6.07) is 3.63. The van der Waals surface area contributed by atoms with Crippen molar-refractivity contribution in [3.8, 4) is 0 Å². The maximum atomic E-state index is 12.9. The first-order valence-corrected chi connectivity index (χ1v) is 9.76. The number of carbonyl (C=O) groups excluding carboxylic acids is 2. The average molecular weight is 356 g/mol. The monoisotopic (exact) mass is 356 g/mol. The van der Waals surface area contributed by atoms with Crippen LogP contribution < -0.4 is 0 Å². The molecule has 3 heterocycles. The summed E-state index contributed by atoms with van der Waals surface area (Å²) >= 11 is 0. The number of carbonyl (C=O) groups is 2. The largest absolute Gasteiger partial charge is 0.342 e. The van der Waals surface area contributed by atoms with Crippen LogP contribution in [-0.4, -0.2) is 76.8 Å². The van der Waals surface area contributed by atoms with Crippen molar-refractivity contribution in [2.75, 3.05) is 39.8 Å². The first kappa shape index (κ1) is 17.5. The van der Waals surface area contributed by atoms with E-state index in [1.54, 1.807) is 18.5 Å². The Labute approximate surface area is 155 Å². The zero-order valence-corrected chi connectivity index (χ0v) is 15.6. The van der Waals surface area contributed by atoms with Crippen molar-refractivity contribution in [1.29, 1.82) is 0 Å². The van der Waals surface area contributed by atoms with Crippen molar-refractivity contribution in [2.24, 2.45) is 5.92 Å². The summed E-state index contributed by atoms with van der Waals surface area (Å²) in [6.45, 7) is 4.02. The highest BCUT2D eigenvalue weighted by Gasteiger charge is 2.44. The Kier molecular flexibility index (Phi) is 4.69. The maximum Gasteiger partial charge on any atom is 0.255 e. The van der Waals surface area contributed by atoms with E-state index in [1.165, 1.54) is 12.8 Å². The highest BCUT2D eigenvalue weighted by Crippen LogP contribution is 2.35. The lowest BCUT2D eigenvalue weighted by Gasteiger charge is -2.49. The van der Waals surface area contributed by atoms with Crippen LogP contribution in [0.15, 0.2) is 24.5 Å². The van der Waals surface area contributed by atoms with Gasteiger partial charge in [0.05, 0.1) is 5.56 Å². The molecule has 1 unspecified atom stereocenters. The Balaban J connectivity index is 1.48. The third-order valence-corrected chi connectivity index (χ3v) is 6.38. The van der Waals surface area contributed by atoms with Crippen molar-refractivity contribution >= 4 is 11.8 Å². The molecule has 1 atom stereocenters. The van der Waals surface area contributed by atoms with Crippen LogP contribution >= 0.6 is 0 Å². The summed E-state index contributed by atoms with van der Waals surface area (Å²) in [7, 11) is 2.15. The molecule has 3 aliphatic rings. The first-order chi connectivity index (χ1) is 12.6. The molecule has 1 aromatic rings. The number of hydrogen-bond donors (Lipinski definition) is 0. The van der Waals surface area contributed by atoms with Crippen molar-refractivity contribution in [1.82, 2.24) is 19.7 Å². The summed E-state index contributed by atoms with van der Waals surface area (Å²) in [5, 5.41) is 0. The first-order valence-electron chi connectivity index (χ1n) is 9.76. The van der Waals surface area contributed by atoms with Crippen molar-refractivity contribution in [3.05, 3.63) is 30.1 Å². The summed E-state index contributed by atoms with van der Waals surface area (Å²) in [5.41, 5.74) is 0.552. The Morgan fingerprint density at radius 3 is 2.85 bits per heavy atom. The highest BCUT2D eigenvalue weighted by molar-refractivity contribution is 5.94. The second kappa shape index (κ2) is 6.99. The number of rotatable bonds is 3. The van der Waals surface area contributed by atoms with E-state index in [-0.39, 0.29) is 17.4 Å². The molecule has 6 heteroatoms. The van der Waals surface area contributed by atoms with Gasteiger partial charge in [-0.05, 0) is 50.8 Å². The smallest absolute Gasteiger partial charge is 0.255 e. The normalized spacial score (nSPS) is 27.7. The van der Waals surface area contributed by atoms with Gasteiger partial charge in [-0.15, -0.1) is 0 Å². The Hall–Kier alpha value is -1.95. The van der Waals surface area contributed by atoms with Crippen LogP contribution in [0.2, 0.25) is 0 Å². The van der Waals surface area contributed by atoms with E-state index in [9.17, 15) is 9.59 Å². The molecule has 0 radical (unpaired) electrons. The predicted octanol–water partition coefficient (Wildman–Crippen LogP) is 1.63. The van der Waals surface area contributed by atoms with E-state index in [4.69, 9.17) is 0 Å². The lowest BCUT2D eigenvalue weighted by molar-refractivity contribution is -0.130. The molecule has 0 bridgehead atoms. The molecular formula is C20H28N4O2. The third kappa shape index (κ3) is 3.47. The van der Waals surface area contributed by atoms with Gasteiger partial charge in [-0.25, -0.2) is 0 Å². The fourth-order valence-electron chi connectivity index (χ4n) is 4.34. The van der Waals surface area contributed by atoms with Crippen molar-refractivity contribution in [2.45, 2.75) is 37.6 Å². The Morgan fingerprint density at radius 1 is 1.27 bits per heavy atom. The molecule has 4 rings (SSSR count). The molecule has 1 aliphatic carbocycles. The third-order valence-electron chi connectivity index (χ3n) is 6.38. The van der Waals surface area contributed by atoms with E-state index in [1.807, 2.05) is 11.0 Å². The molecule has 2 aliphatic heterocycles. The van der Waals surface area contributed by atoms with E-state index in [2.05, 4.69) is 21.8 Å². The summed E-state index contributed by atoms with van der Waals surface area (Å²) < 4.78 is 0. The lowest BCUT2D eigenvalue weighted by atomic mass is 9.86. The molecule has 0 aromatic carbocycles. The second-order valence-corrected chi connectivity index (χ2v) is 8.15. The van der Waals surface area contributed by atoms with E-state index >= 15 is 0 Å². The molecule has 0 N–H and O–H groups in total. The maximum absolute atomic E-state index is 12.9. The van der Waals surface area contributed by atoms with Gasteiger partial charge in [0.1, 0.15) is 0 Å². The van der Waals surface area contributed by atoms with Gasteiger partial charge in [0.2, 0.25) is 5.91 Å². The molecule has 3 fully saturated rings. The number of likely N-dealkylation sites (tertiary alicyclic amines) is 1. The number of likely N-dealkylation sites (N-methyl/N-ethyl adjacent to an activating group) is 1. The summed E-state index contributed by atoms with van der Waals surface area (Å²) in [4.78, 5) is 35.9. The minimum Gasteiger partial charge on any atom is -0.342 e. The lowest BCUT2D eigenvalue weighted by Crippen LogP contribution is -2.62. The Bertz CT molecular complexity index is 676. The van der Waals surface area contributed by atoms with Gasteiger partial charge in [0.25, 0.3) is 5.91 Å². The molecule has 26 heavy (non-hydrogen) atoms. The van der Waals surface area contributed by atoms with Crippen LogP contribution in [0.5, 0.6) is 0 Å². The quantitative estimate of drug-likeness (QED) is 0.826. The van der Waals surface area contributed by atoms with Crippen molar-refractivity contribution < 1.29 is 9.59 Å². The molecule has 2 amide bonds. The van der Waals surface area contributed by atoms with Crippen LogP contribution in [0.1, 0.15) is 42.5 Å². The molecule has 1 saturated carbocycles. The van der Waals surface area contributed by atoms with Gasteiger partial charge in [0.15, 0.2) is 0 Å². The van der Waals surface area contributed by atoms with Gasteiger partial charge >= 0.3 is 0 Å². The number of pyridine rings is 1. The number of amides is 2. The predicted molar refractivity (Wildman–Crippen MR) is 98.7 cm³/mol. The van der Waals surface area contributed by atoms with Crippen LogP contribution in [0.3, 0.4) is 0 Å². The molecular weight excluding hydrogens is 328 g/mol. The SMILES string of the molecule is CN1CCN(C(=O)c2cccnc2)CC12CCC(=O)N(CC1CC1)CC2. The van der Waals surface area contributed by atoms with E-state index < -0.39 is 0 Å². The number of hydrogen-bond acceptors (Lipinski definition) is 4. The standard InChI is InChI=1S/C20H28N4O2/c1-22-11-12-24(19(26)17-3-2-9-21-13-17)15-20(22)7-6-18(25)23(10-8-20)14-16-4-5-16/h2-3,9,13,16H,4-8,10-12,14-15H2,1H3. The van der Waals surface area contributed by atoms with Crippen LogP contribution in [0.4, 0.5) is 0 Å². The Morgan fingerprint density at radius 2 is 2.12 bits per heavy atom. The zero-order valence-electron chi connectivity index (χ0n) is 15.6. The summed E-state index contributed by atoms with van der Waals surface area (Å²) in [6.07, 6.45) is 8.23. The zero-order chi connectivity index (χ0) is 18.1. The summed E-state index contributed by atoms with van der Waals surface area (Å²) in [5.74, 6) is 1.06. The molecule has 1 aromatic heterocycles. The van der Waals surface area contributed by atoms with Gasteiger partial charge < -0.3 is 9.80 Å². The topological polar surface area (TPSA) is 56.8 Å². The van der Waals surface area contributed by atoms with Gasteiger partial charge in [-0.2, -0.15) is 0 Å². The van der Waals surface area contributed by atoms with Gasteiger partial charge in [-0.1, -0.05) is 0 Å². The molecule has 140 valence electrons. The fraction of sp³-hybridized carbons (Fsp3) is 0.650. The van der Waals surface area contributed by atoms with Crippen molar-refractivity contribution in [3.63, 3.8) is 0 Å². The second-order valence-electron chi connectivity index (χ2n) is 8.15. The average Bonchev–Trinajstić information content (AvgIpc) is 3.50. The van der Waals surface area contributed by atoms with Gasteiger partial charge in [-0.3, -0.25) is 19.5 Å². The minimum absolute atomic E-state index is 0.0518.